The Balaban J connectivity index is 1.98. The van der Waals surface area contributed by atoms with Crippen LogP contribution in [0.3, 0.4) is 0 Å². The molecule has 0 bridgehead atoms. The number of hydrogen-bond acceptors (Lipinski definition) is 3. The summed E-state index contributed by atoms with van der Waals surface area (Å²) in [5, 5.41) is 1.96. The van der Waals surface area contributed by atoms with Crippen LogP contribution < -0.4 is 5.73 Å². The molecule has 1 aliphatic rings. The topological polar surface area (TPSA) is 46.3 Å². The molecule has 1 amide bonds. The van der Waals surface area contributed by atoms with E-state index in [2.05, 4.69) is 6.92 Å². The van der Waals surface area contributed by atoms with Gasteiger partial charge in [-0.2, -0.15) is 0 Å². The number of amides is 1. The molecule has 2 N–H and O–H groups in total. The Morgan fingerprint density at radius 1 is 1.75 bits per heavy atom. The third-order valence-electron chi connectivity index (χ3n) is 3.29. The fourth-order valence-corrected chi connectivity index (χ4v) is 2.87. The Morgan fingerprint density at radius 3 is 3.12 bits per heavy atom. The Labute approximate surface area is 100 Å². The molecule has 0 saturated carbocycles. The van der Waals surface area contributed by atoms with Crippen molar-refractivity contribution in [3.63, 3.8) is 0 Å². The zero-order valence-electron chi connectivity index (χ0n) is 9.56. The summed E-state index contributed by atoms with van der Waals surface area (Å²) in [6, 6.07) is 3.41. The molecule has 1 aromatic rings. The fourth-order valence-electron chi connectivity index (χ4n) is 2.15. The number of hydrogen-bond donors (Lipinski definition) is 1. The van der Waals surface area contributed by atoms with Crippen LogP contribution in [0.4, 0.5) is 0 Å². The third-order valence-corrected chi connectivity index (χ3v) is 4.25. The minimum Gasteiger partial charge on any atom is -0.341 e. The van der Waals surface area contributed by atoms with E-state index in [0.717, 1.165) is 30.8 Å². The zero-order chi connectivity index (χ0) is 11.5. The average molecular weight is 238 g/mol. The van der Waals surface area contributed by atoms with Crippen molar-refractivity contribution in [1.82, 2.24) is 4.90 Å². The van der Waals surface area contributed by atoms with Crippen molar-refractivity contribution >= 4 is 17.2 Å². The van der Waals surface area contributed by atoms with Gasteiger partial charge in [0.15, 0.2) is 0 Å². The molecule has 88 valence electrons. The maximum Gasteiger partial charge on any atom is 0.244 e. The van der Waals surface area contributed by atoms with Gasteiger partial charge in [-0.3, -0.25) is 4.79 Å². The molecule has 1 aromatic heterocycles. The minimum atomic E-state index is -0.462. The first-order valence-electron chi connectivity index (χ1n) is 5.80. The second kappa shape index (κ2) is 4.97. The van der Waals surface area contributed by atoms with Gasteiger partial charge in [0.2, 0.25) is 5.91 Å². The van der Waals surface area contributed by atoms with Crippen LogP contribution >= 0.6 is 11.3 Å². The summed E-state index contributed by atoms with van der Waals surface area (Å²) in [5.41, 5.74) is 5.97. The molecule has 0 aliphatic carbocycles. The predicted octanol–water partition coefficient (Wildman–Crippen LogP) is 2.01. The van der Waals surface area contributed by atoms with Crippen LogP contribution in [-0.2, 0) is 4.79 Å². The van der Waals surface area contributed by atoms with Crippen LogP contribution in [0.15, 0.2) is 17.5 Å². The molecule has 0 aromatic carbocycles. The van der Waals surface area contributed by atoms with Crippen LogP contribution in [0.25, 0.3) is 0 Å². The molecule has 4 heteroatoms. The van der Waals surface area contributed by atoms with Crippen molar-refractivity contribution in [3.05, 3.63) is 22.4 Å². The van der Waals surface area contributed by atoms with E-state index in [1.165, 1.54) is 0 Å². The van der Waals surface area contributed by atoms with Crippen molar-refractivity contribution in [2.24, 2.45) is 11.7 Å². The zero-order valence-corrected chi connectivity index (χ0v) is 10.4. The molecule has 1 fully saturated rings. The Morgan fingerprint density at radius 2 is 2.56 bits per heavy atom. The number of thiophene rings is 1. The standard InChI is InChI=1S/C12H18N2OS/c1-2-9-5-6-14(8-9)12(15)11(13)10-4-3-7-16-10/h3-4,7,9,11H,2,5-6,8,13H2,1H3. The van der Waals surface area contributed by atoms with Crippen LogP contribution in [0, 0.1) is 5.92 Å². The maximum absolute atomic E-state index is 12.1. The maximum atomic E-state index is 12.1. The summed E-state index contributed by atoms with van der Waals surface area (Å²) in [4.78, 5) is 15.0. The SMILES string of the molecule is CCC1CCN(C(=O)C(N)c2cccs2)C1. The highest BCUT2D eigenvalue weighted by Crippen LogP contribution is 2.24. The van der Waals surface area contributed by atoms with Crippen LogP contribution in [-0.4, -0.2) is 23.9 Å². The number of carbonyl (C=O) groups is 1. The van der Waals surface area contributed by atoms with Gasteiger partial charge in [0.05, 0.1) is 0 Å². The molecule has 16 heavy (non-hydrogen) atoms. The van der Waals surface area contributed by atoms with Gasteiger partial charge in [-0.15, -0.1) is 11.3 Å². The first-order valence-corrected chi connectivity index (χ1v) is 6.68. The summed E-state index contributed by atoms with van der Waals surface area (Å²) in [6.45, 7) is 3.93. The van der Waals surface area contributed by atoms with Gasteiger partial charge in [-0.1, -0.05) is 19.4 Å². The molecule has 1 saturated heterocycles. The number of rotatable bonds is 3. The van der Waals surface area contributed by atoms with Gasteiger partial charge in [-0.05, 0) is 23.8 Å². The Bertz CT molecular complexity index is 350. The predicted molar refractivity (Wildman–Crippen MR) is 66.2 cm³/mol. The summed E-state index contributed by atoms with van der Waals surface area (Å²) in [5.74, 6) is 0.748. The Hall–Kier alpha value is -0.870. The summed E-state index contributed by atoms with van der Waals surface area (Å²) >= 11 is 1.55. The molecule has 2 heterocycles. The van der Waals surface area contributed by atoms with E-state index in [-0.39, 0.29) is 5.91 Å². The molecule has 2 unspecified atom stereocenters. The van der Waals surface area contributed by atoms with E-state index in [9.17, 15) is 4.79 Å². The van der Waals surface area contributed by atoms with Gasteiger partial charge >= 0.3 is 0 Å². The van der Waals surface area contributed by atoms with E-state index in [1.54, 1.807) is 11.3 Å². The lowest BCUT2D eigenvalue weighted by molar-refractivity contribution is -0.131. The van der Waals surface area contributed by atoms with Crippen LogP contribution in [0.5, 0.6) is 0 Å². The van der Waals surface area contributed by atoms with Gasteiger partial charge in [0.1, 0.15) is 6.04 Å². The number of carbonyl (C=O) groups excluding carboxylic acids is 1. The van der Waals surface area contributed by atoms with Crippen molar-refractivity contribution in [2.75, 3.05) is 13.1 Å². The van der Waals surface area contributed by atoms with E-state index in [0.29, 0.717) is 5.92 Å². The molecule has 0 spiro atoms. The van der Waals surface area contributed by atoms with Gasteiger partial charge in [-0.25, -0.2) is 0 Å². The van der Waals surface area contributed by atoms with Gasteiger partial charge in [0.25, 0.3) is 0 Å². The molecule has 2 rings (SSSR count). The van der Waals surface area contributed by atoms with Crippen molar-refractivity contribution in [3.8, 4) is 0 Å². The summed E-state index contributed by atoms with van der Waals surface area (Å²) in [7, 11) is 0. The monoisotopic (exact) mass is 238 g/mol. The van der Waals surface area contributed by atoms with Crippen molar-refractivity contribution in [1.29, 1.82) is 0 Å². The van der Waals surface area contributed by atoms with E-state index < -0.39 is 6.04 Å². The highest BCUT2D eigenvalue weighted by molar-refractivity contribution is 7.10. The van der Waals surface area contributed by atoms with Gasteiger partial charge < -0.3 is 10.6 Å². The highest BCUT2D eigenvalue weighted by Gasteiger charge is 2.29. The van der Waals surface area contributed by atoms with Crippen molar-refractivity contribution < 1.29 is 4.79 Å². The molecule has 1 aliphatic heterocycles. The lowest BCUT2D eigenvalue weighted by Crippen LogP contribution is -2.36. The number of nitrogens with zero attached hydrogens (tertiary/aromatic N) is 1. The summed E-state index contributed by atoms with van der Waals surface area (Å²) in [6.07, 6.45) is 2.28. The second-order valence-electron chi connectivity index (χ2n) is 4.34. The van der Waals surface area contributed by atoms with Crippen LogP contribution in [0.1, 0.15) is 30.7 Å². The van der Waals surface area contributed by atoms with Gasteiger partial charge in [0, 0.05) is 18.0 Å². The van der Waals surface area contributed by atoms with E-state index in [1.807, 2.05) is 22.4 Å². The molecule has 2 atom stereocenters. The molecular formula is C12H18N2OS. The lowest BCUT2D eigenvalue weighted by atomic mass is 10.1. The lowest BCUT2D eigenvalue weighted by Gasteiger charge is -2.20. The fraction of sp³-hybridized carbons (Fsp3) is 0.583. The van der Waals surface area contributed by atoms with Crippen molar-refractivity contribution in [2.45, 2.75) is 25.8 Å². The first-order chi connectivity index (χ1) is 7.72. The molecular weight excluding hydrogens is 220 g/mol. The average Bonchev–Trinajstić information content (AvgIpc) is 2.97. The second-order valence-corrected chi connectivity index (χ2v) is 5.32. The smallest absolute Gasteiger partial charge is 0.244 e. The minimum absolute atomic E-state index is 0.0819. The summed E-state index contributed by atoms with van der Waals surface area (Å²) < 4.78 is 0. The van der Waals surface area contributed by atoms with E-state index >= 15 is 0 Å². The van der Waals surface area contributed by atoms with Crippen LogP contribution in [0.2, 0.25) is 0 Å². The largest absolute Gasteiger partial charge is 0.341 e. The number of nitrogens with two attached hydrogens (primary N) is 1. The Kier molecular flexibility index (Phi) is 3.61. The first kappa shape index (κ1) is 11.6. The molecule has 0 radical (unpaired) electrons. The molecule has 3 nitrogen and oxygen atoms in total. The highest BCUT2D eigenvalue weighted by atomic mass is 32.1. The van der Waals surface area contributed by atoms with E-state index in [4.69, 9.17) is 5.73 Å². The third kappa shape index (κ3) is 2.28. The number of likely N-dealkylation sites (tertiary alicyclic amines) is 1. The quantitative estimate of drug-likeness (QED) is 0.875. The normalized spacial score (nSPS) is 22.4.